The molecule has 9 nitrogen and oxygen atoms in total. The number of nitriles is 1. The normalized spacial score (nSPS) is 35.8. The second kappa shape index (κ2) is 12.0. The Balaban J connectivity index is 1.21. The Labute approximate surface area is 242 Å². The van der Waals surface area contributed by atoms with Crippen LogP contribution < -0.4 is 15.4 Å². The molecule has 4 aliphatic heterocycles. The summed E-state index contributed by atoms with van der Waals surface area (Å²) in [5, 5.41) is 17.1. The molecule has 7 atom stereocenters. The zero-order chi connectivity index (χ0) is 28.6. The molecule has 6 unspecified atom stereocenters. The molecule has 1 amide bonds. The molecule has 41 heavy (non-hydrogen) atoms. The Morgan fingerprint density at radius 3 is 2.93 bits per heavy atom. The van der Waals surface area contributed by atoms with Gasteiger partial charge in [0, 0.05) is 49.6 Å². The van der Waals surface area contributed by atoms with Crippen LogP contribution in [0.5, 0.6) is 5.75 Å². The van der Waals surface area contributed by atoms with Gasteiger partial charge in [-0.05, 0) is 70.3 Å². The quantitative estimate of drug-likeness (QED) is 0.508. The average Bonchev–Trinajstić information content (AvgIpc) is 3.39. The second-order valence-electron chi connectivity index (χ2n) is 12.5. The van der Waals surface area contributed by atoms with Gasteiger partial charge in [0.1, 0.15) is 17.2 Å². The van der Waals surface area contributed by atoms with Crippen LogP contribution in [-0.2, 0) is 16.0 Å². The summed E-state index contributed by atoms with van der Waals surface area (Å²) < 4.78 is 27.6. The maximum absolute atomic E-state index is 14.5. The van der Waals surface area contributed by atoms with Gasteiger partial charge in [-0.25, -0.2) is 4.39 Å². The van der Waals surface area contributed by atoms with E-state index in [-0.39, 0.29) is 48.3 Å². The maximum atomic E-state index is 14.5. The van der Waals surface area contributed by atoms with E-state index in [1.165, 1.54) is 18.6 Å². The van der Waals surface area contributed by atoms with E-state index in [0.29, 0.717) is 49.4 Å². The van der Waals surface area contributed by atoms with Crippen molar-refractivity contribution >= 4 is 5.91 Å². The lowest BCUT2D eigenvalue weighted by molar-refractivity contribution is -0.139. The number of carbonyl (C=O) groups excluding carboxylic acids is 1. The first-order valence-electron chi connectivity index (χ1n) is 15.2. The molecular formula is C31H43FN6O3. The third-order valence-electron chi connectivity index (χ3n) is 10.2. The maximum Gasteiger partial charge on any atom is 0.246 e. The van der Waals surface area contributed by atoms with Crippen LogP contribution in [0.4, 0.5) is 4.39 Å². The minimum absolute atomic E-state index is 0.0420. The van der Waals surface area contributed by atoms with Crippen LogP contribution in [0.15, 0.2) is 30.9 Å². The zero-order valence-corrected chi connectivity index (χ0v) is 24.1. The van der Waals surface area contributed by atoms with E-state index in [0.717, 1.165) is 45.2 Å². The van der Waals surface area contributed by atoms with E-state index in [4.69, 9.17) is 9.47 Å². The highest BCUT2D eigenvalue weighted by Crippen LogP contribution is 2.46. The highest BCUT2D eigenvalue weighted by molar-refractivity contribution is 5.87. The van der Waals surface area contributed by atoms with Crippen molar-refractivity contribution in [3.05, 3.63) is 42.2 Å². The number of amides is 1. The van der Waals surface area contributed by atoms with Gasteiger partial charge in [-0.15, -0.1) is 0 Å². The number of likely N-dealkylation sites (N-methyl/N-ethyl adjacent to an activating group) is 1. The summed E-state index contributed by atoms with van der Waals surface area (Å²) in [6, 6.07) is 7.81. The monoisotopic (exact) mass is 566 g/mol. The van der Waals surface area contributed by atoms with Crippen molar-refractivity contribution in [2.45, 2.75) is 87.6 Å². The molecule has 1 aromatic rings. The highest BCUT2D eigenvalue weighted by Gasteiger charge is 2.51. The number of hydrogen-bond donors (Lipinski definition) is 2. The van der Waals surface area contributed by atoms with E-state index < -0.39 is 0 Å². The molecule has 222 valence electrons. The van der Waals surface area contributed by atoms with Gasteiger partial charge < -0.3 is 19.3 Å². The number of carbonyl (C=O) groups is 1. The Morgan fingerprint density at radius 1 is 1.27 bits per heavy atom. The summed E-state index contributed by atoms with van der Waals surface area (Å²) in [6.45, 7) is 7.32. The fraction of sp³-hybridized carbons (Fsp3) is 0.677. The lowest BCUT2D eigenvalue weighted by Gasteiger charge is -2.55. The smallest absolute Gasteiger partial charge is 0.246 e. The minimum Gasteiger partial charge on any atom is -0.487 e. The number of rotatable bonds is 6. The second-order valence-corrected chi connectivity index (χ2v) is 12.5. The first-order chi connectivity index (χ1) is 19.9. The molecule has 1 aromatic carbocycles. The summed E-state index contributed by atoms with van der Waals surface area (Å²) >= 11 is 0. The number of benzene rings is 1. The van der Waals surface area contributed by atoms with Crippen LogP contribution in [0.3, 0.4) is 0 Å². The van der Waals surface area contributed by atoms with Gasteiger partial charge in [-0.2, -0.15) is 5.26 Å². The predicted octanol–water partition coefficient (Wildman–Crippen LogP) is 2.58. The van der Waals surface area contributed by atoms with E-state index in [9.17, 15) is 14.4 Å². The van der Waals surface area contributed by atoms with E-state index in [1.807, 2.05) is 6.07 Å². The zero-order valence-electron chi connectivity index (χ0n) is 24.1. The van der Waals surface area contributed by atoms with E-state index >= 15 is 0 Å². The predicted molar refractivity (Wildman–Crippen MR) is 152 cm³/mol. The molecule has 0 aromatic heterocycles. The van der Waals surface area contributed by atoms with Gasteiger partial charge in [0.15, 0.2) is 6.35 Å². The molecule has 4 heterocycles. The molecule has 4 fully saturated rings. The number of piperazine rings is 1. The van der Waals surface area contributed by atoms with Crippen molar-refractivity contribution in [1.29, 1.82) is 5.26 Å². The van der Waals surface area contributed by atoms with Gasteiger partial charge in [0.25, 0.3) is 0 Å². The number of ether oxygens (including phenoxy) is 2. The minimum atomic E-state index is -0.328. The Morgan fingerprint density at radius 2 is 2.15 bits per heavy atom. The summed E-state index contributed by atoms with van der Waals surface area (Å²) in [7, 11) is 2.16. The summed E-state index contributed by atoms with van der Waals surface area (Å²) in [5.74, 6) is 0.683. The van der Waals surface area contributed by atoms with Crippen LogP contribution in [0, 0.1) is 23.1 Å². The first-order valence-corrected chi connectivity index (χ1v) is 15.2. The number of nitrogens with zero attached hydrogens (tertiary/aromatic N) is 4. The van der Waals surface area contributed by atoms with Crippen LogP contribution in [0.2, 0.25) is 0 Å². The molecule has 1 aliphatic carbocycles. The van der Waals surface area contributed by atoms with Crippen molar-refractivity contribution in [2.75, 3.05) is 39.8 Å². The summed E-state index contributed by atoms with van der Waals surface area (Å²) in [6.07, 6.45) is 7.85. The Bertz CT molecular complexity index is 1180. The van der Waals surface area contributed by atoms with Crippen molar-refractivity contribution in [2.24, 2.45) is 5.92 Å². The number of hydrogen-bond acceptors (Lipinski definition) is 8. The van der Waals surface area contributed by atoms with Gasteiger partial charge in [0.05, 0.1) is 31.3 Å². The standard InChI is InChI=1S/C31H43FN6O3/c1-3-28(39)38-17-16-37(19-21(38)11-14-33)29-24-10-13-31(12-9-23-25(32)7-4-8-27(23)41-31)18-26(24)34-30(35-29)40-20-22-6-5-15-36(22)2/h3-4,7-8,21-22,24,26,29-30,34-35H,1,5-6,9-13,15-20H2,2H3/t21?,22?,24?,26?,29?,30?,31-/m0/s1. The van der Waals surface area contributed by atoms with E-state index in [2.05, 4.69) is 40.1 Å². The third kappa shape index (κ3) is 5.75. The molecule has 3 saturated heterocycles. The number of nitrogens with one attached hydrogen (secondary N) is 2. The molecule has 0 radical (unpaired) electrons. The first kappa shape index (κ1) is 28.6. The fourth-order valence-electron chi connectivity index (χ4n) is 7.89. The van der Waals surface area contributed by atoms with Crippen LogP contribution >= 0.6 is 0 Å². The van der Waals surface area contributed by atoms with Crippen molar-refractivity contribution in [1.82, 2.24) is 25.3 Å². The largest absolute Gasteiger partial charge is 0.487 e. The van der Waals surface area contributed by atoms with Crippen LogP contribution in [0.1, 0.15) is 50.5 Å². The number of halogens is 1. The fourth-order valence-corrected chi connectivity index (χ4v) is 7.89. The SMILES string of the molecule is C=CC(=O)N1CCN(C2NC(OCC3CCCN3C)NC3C[C@]4(CCc5c(F)cccc5O4)CCC32)CC1CC#N. The highest BCUT2D eigenvalue weighted by atomic mass is 19.1. The van der Waals surface area contributed by atoms with Crippen LogP contribution in [0.25, 0.3) is 0 Å². The third-order valence-corrected chi connectivity index (χ3v) is 10.2. The van der Waals surface area contributed by atoms with Gasteiger partial charge >= 0.3 is 0 Å². The van der Waals surface area contributed by atoms with Gasteiger partial charge in [-0.3, -0.25) is 20.3 Å². The van der Waals surface area contributed by atoms with Crippen LogP contribution in [-0.4, -0.2) is 96.7 Å². The average molecular weight is 567 g/mol. The van der Waals surface area contributed by atoms with Crippen molar-refractivity contribution < 1.29 is 18.7 Å². The van der Waals surface area contributed by atoms with Crippen molar-refractivity contribution in [3.8, 4) is 11.8 Å². The lowest BCUT2D eigenvalue weighted by Crippen LogP contribution is -2.73. The molecule has 0 bridgehead atoms. The number of likely N-dealkylation sites (tertiary alicyclic amines) is 1. The number of fused-ring (bicyclic) bond motifs is 2. The Kier molecular flexibility index (Phi) is 8.35. The van der Waals surface area contributed by atoms with Crippen molar-refractivity contribution in [3.63, 3.8) is 0 Å². The van der Waals surface area contributed by atoms with E-state index in [1.54, 1.807) is 11.0 Å². The molecular weight excluding hydrogens is 523 g/mol. The van der Waals surface area contributed by atoms with Gasteiger partial charge in [0.2, 0.25) is 5.91 Å². The summed E-state index contributed by atoms with van der Waals surface area (Å²) in [5.41, 5.74) is 0.361. The lowest BCUT2D eigenvalue weighted by atomic mass is 9.70. The topological polar surface area (TPSA) is 93.1 Å². The van der Waals surface area contributed by atoms with Gasteiger partial charge in [-0.1, -0.05) is 12.6 Å². The molecule has 2 N–H and O–H groups in total. The Hall–Kier alpha value is -2.55. The molecule has 5 aliphatic rings. The summed E-state index contributed by atoms with van der Waals surface area (Å²) in [4.78, 5) is 19.1. The molecule has 1 spiro atoms. The molecule has 1 saturated carbocycles. The molecule has 10 heteroatoms. The molecule has 6 rings (SSSR count).